The van der Waals surface area contributed by atoms with Gasteiger partial charge in [0.15, 0.2) is 5.65 Å². The fraction of sp³-hybridized carbons (Fsp3) is 0.200. The first-order valence-corrected chi connectivity index (χ1v) is 7.54. The summed E-state index contributed by atoms with van der Waals surface area (Å²) in [5.74, 6) is 0.654. The minimum Gasteiger partial charge on any atom is -0.511 e. The van der Waals surface area contributed by atoms with Crippen molar-refractivity contribution < 1.29 is 5.11 Å². The molecule has 1 unspecified atom stereocenters. The van der Waals surface area contributed by atoms with Gasteiger partial charge in [0.05, 0.1) is 11.4 Å². The van der Waals surface area contributed by atoms with Crippen LogP contribution < -0.4 is 5.32 Å². The van der Waals surface area contributed by atoms with Crippen molar-refractivity contribution in [3.8, 4) is 10.6 Å². The van der Waals surface area contributed by atoms with E-state index in [9.17, 15) is 5.11 Å². The topological polar surface area (TPSA) is 83.8 Å². The highest BCUT2D eigenvalue weighted by molar-refractivity contribution is 7.14. The van der Waals surface area contributed by atoms with Crippen LogP contribution in [0.4, 0.5) is 5.82 Å². The first-order valence-electron chi connectivity index (χ1n) is 6.72. The molecule has 0 aromatic carbocycles. The van der Waals surface area contributed by atoms with E-state index in [1.807, 2.05) is 19.2 Å². The number of aromatic nitrogens is 4. The summed E-state index contributed by atoms with van der Waals surface area (Å²) in [7, 11) is 0. The molecule has 0 radical (unpaired) electrons. The van der Waals surface area contributed by atoms with Crippen molar-refractivity contribution in [3.63, 3.8) is 0 Å². The van der Waals surface area contributed by atoms with E-state index in [2.05, 4.69) is 31.8 Å². The van der Waals surface area contributed by atoms with Gasteiger partial charge in [-0.2, -0.15) is 0 Å². The average Bonchev–Trinajstić information content (AvgIpc) is 2.93. The van der Waals surface area contributed by atoms with Gasteiger partial charge in [-0.3, -0.25) is 0 Å². The first kappa shape index (κ1) is 14.4. The van der Waals surface area contributed by atoms with Crippen LogP contribution in [0.2, 0.25) is 0 Å². The van der Waals surface area contributed by atoms with Crippen LogP contribution in [-0.4, -0.2) is 31.1 Å². The number of nitrogens with zero attached hydrogens (tertiary/aromatic N) is 4. The summed E-state index contributed by atoms with van der Waals surface area (Å²) in [6.45, 7) is 7.34. The molecule has 22 heavy (non-hydrogen) atoms. The second-order valence-corrected chi connectivity index (χ2v) is 6.19. The third-order valence-electron chi connectivity index (χ3n) is 3.21. The number of aryl methyl sites for hydroxylation is 1. The van der Waals surface area contributed by atoms with Crippen molar-refractivity contribution >= 4 is 28.2 Å². The fourth-order valence-corrected chi connectivity index (χ4v) is 2.70. The molecule has 0 saturated heterocycles. The summed E-state index contributed by atoms with van der Waals surface area (Å²) >= 11 is 1.61. The largest absolute Gasteiger partial charge is 0.511 e. The highest BCUT2D eigenvalue weighted by Crippen LogP contribution is 2.28. The molecule has 3 aromatic heterocycles. The maximum atomic E-state index is 9.47. The van der Waals surface area contributed by atoms with Gasteiger partial charge in [-0.05, 0) is 19.9 Å². The van der Waals surface area contributed by atoms with Crippen molar-refractivity contribution in [1.29, 1.82) is 0 Å². The number of pyridine rings is 1. The number of anilines is 1. The third-order valence-corrected chi connectivity index (χ3v) is 4.17. The Balaban J connectivity index is 2.07. The molecule has 2 N–H and O–H groups in total. The quantitative estimate of drug-likeness (QED) is 0.719. The van der Waals surface area contributed by atoms with E-state index in [1.54, 1.807) is 24.5 Å². The van der Waals surface area contributed by atoms with Gasteiger partial charge in [-0.25, -0.2) is 19.9 Å². The van der Waals surface area contributed by atoms with E-state index in [0.717, 1.165) is 20.8 Å². The molecule has 3 rings (SSSR count). The van der Waals surface area contributed by atoms with E-state index < -0.39 is 0 Å². The van der Waals surface area contributed by atoms with Gasteiger partial charge in [0.2, 0.25) is 0 Å². The van der Waals surface area contributed by atoms with E-state index in [-0.39, 0.29) is 11.8 Å². The van der Waals surface area contributed by atoms with Gasteiger partial charge in [0, 0.05) is 22.8 Å². The number of hydrogen-bond acceptors (Lipinski definition) is 7. The summed E-state index contributed by atoms with van der Waals surface area (Å²) < 4.78 is 0. The van der Waals surface area contributed by atoms with Gasteiger partial charge >= 0.3 is 0 Å². The molecule has 0 fully saturated rings. The average molecular weight is 313 g/mol. The lowest BCUT2D eigenvalue weighted by molar-refractivity contribution is 0.384. The number of thiazole rings is 1. The molecule has 7 heteroatoms. The molecule has 0 aliphatic carbocycles. The molecular formula is C15H15N5OS. The standard InChI is InChI=1S/C15H15N5OS/c1-8-5-17-15(22-8)11-4-12-13(16-6-11)18-7-19-14(12)20-9(2)10(3)21/h4-7,9,21H,3H2,1-2H3,(H,16,18,19,20). The Bertz CT molecular complexity index is 845. The second-order valence-electron chi connectivity index (χ2n) is 4.95. The Hall–Kier alpha value is -2.54. The van der Waals surface area contributed by atoms with E-state index in [4.69, 9.17) is 0 Å². The van der Waals surface area contributed by atoms with Crippen LogP contribution in [-0.2, 0) is 0 Å². The second kappa shape index (κ2) is 5.69. The molecule has 1 atom stereocenters. The summed E-state index contributed by atoms with van der Waals surface area (Å²) in [4.78, 5) is 18.3. The van der Waals surface area contributed by atoms with Crippen molar-refractivity contribution in [3.05, 3.63) is 42.0 Å². The van der Waals surface area contributed by atoms with Crippen LogP contribution in [0, 0.1) is 6.92 Å². The van der Waals surface area contributed by atoms with Gasteiger partial charge in [-0.1, -0.05) is 6.58 Å². The number of aliphatic hydroxyl groups excluding tert-OH is 1. The molecule has 3 aromatic rings. The number of nitrogens with one attached hydrogen (secondary N) is 1. The fourth-order valence-electron chi connectivity index (χ4n) is 1.95. The Morgan fingerprint density at radius 3 is 2.77 bits per heavy atom. The molecule has 112 valence electrons. The van der Waals surface area contributed by atoms with Gasteiger partial charge in [-0.15, -0.1) is 11.3 Å². The maximum Gasteiger partial charge on any atom is 0.164 e. The van der Waals surface area contributed by atoms with Crippen molar-refractivity contribution in [2.45, 2.75) is 19.9 Å². The van der Waals surface area contributed by atoms with Crippen molar-refractivity contribution in [1.82, 2.24) is 19.9 Å². The Morgan fingerprint density at radius 1 is 1.27 bits per heavy atom. The van der Waals surface area contributed by atoms with Crippen LogP contribution in [0.5, 0.6) is 0 Å². The highest BCUT2D eigenvalue weighted by atomic mass is 32.1. The Morgan fingerprint density at radius 2 is 2.09 bits per heavy atom. The minimum absolute atomic E-state index is 0.0476. The van der Waals surface area contributed by atoms with Gasteiger partial charge in [0.1, 0.15) is 22.9 Å². The van der Waals surface area contributed by atoms with Crippen molar-refractivity contribution in [2.24, 2.45) is 0 Å². The maximum absolute atomic E-state index is 9.47. The van der Waals surface area contributed by atoms with Crippen LogP contribution in [0.3, 0.4) is 0 Å². The SMILES string of the molecule is C=C(O)C(C)Nc1ncnc2ncc(-c3ncc(C)s3)cc12. The number of rotatable bonds is 4. The first-order chi connectivity index (χ1) is 10.5. The van der Waals surface area contributed by atoms with Crippen LogP contribution in [0.1, 0.15) is 11.8 Å². The minimum atomic E-state index is -0.316. The van der Waals surface area contributed by atoms with E-state index >= 15 is 0 Å². The molecule has 6 nitrogen and oxygen atoms in total. The van der Waals surface area contributed by atoms with Crippen LogP contribution in [0.15, 0.2) is 37.1 Å². The lowest BCUT2D eigenvalue weighted by atomic mass is 10.2. The van der Waals surface area contributed by atoms with Gasteiger partial charge < -0.3 is 10.4 Å². The lowest BCUT2D eigenvalue weighted by Gasteiger charge is -2.14. The molecule has 0 bridgehead atoms. The third kappa shape index (κ3) is 2.75. The zero-order chi connectivity index (χ0) is 15.7. The molecule has 0 aliphatic rings. The zero-order valence-electron chi connectivity index (χ0n) is 12.2. The highest BCUT2D eigenvalue weighted by Gasteiger charge is 2.12. The van der Waals surface area contributed by atoms with E-state index in [1.165, 1.54) is 6.33 Å². The molecule has 0 aliphatic heterocycles. The zero-order valence-corrected chi connectivity index (χ0v) is 13.1. The molecule has 3 heterocycles. The van der Waals surface area contributed by atoms with Crippen LogP contribution in [0.25, 0.3) is 21.6 Å². The molecule has 0 saturated carbocycles. The molecular weight excluding hydrogens is 298 g/mol. The summed E-state index contributed by atoms with van der Waals surface area (Å²) in [5.41, 5.74) is 1.50. The summed E-state index contributed by atoms with van der Waals surface area (Å²) in [5, 5.41) is 14.3. The normalized spacial score (nSPS) is 12.3. The summed E-state index contributed by atoms with van der Waals surface area (Å²) in [6.07, 6.45) is 5.03. The van der Waals surface area contributed by atoms with Crippen molar-refractivity contribution in [2.75, 3.05) is 5.32 Å². The van der Waals surface area contributed by atoms with Gasteiger partial charge in [0.25, 0.3) is 0 Å². The Kier molecular flexibility index (Phi) is 3.72. The van der Waals surface area contributed by atoms with E-state index in [0.29, 0.717) is 11.5 Å². The monoisotopic (exact) mass is 313 g/mol. The lowest BCUT2D eigenvalue weighted by Crippen LogP contribution is -2.18. The smallest absolute Gasteiger partial charge is 0.164 e. The Labute approximate surface area is 131 Å². The molecule has 0 amide bonds. The predicted molar refractivity (Wildman–Crippen MR) is 88.0 cm³/mol. The number of aliphatic hydroxyl groups is 1. The predicted octanol–water partition coefficient (Wildman–Crippen LogP) is 3.33. The number of hydrogen-bond donors (Lipinski definition) is 2. The van der Waals surface area contributed by atoms with Crippen LogP contribution >= 0.6 is 11.3 Å². The summed E-state index contributed by atoms with van der Waals surface area (Å²) in [6, 6.07) is 1.64. The number of fused-ring (bicyclic) bond motifs is 1. The molecule has 0 spiro atoms.